The van der Waals surface area contributed by atoms with E-state index in [0.29, 0.717) is 22.5 Å². The predicted molar refractivity (Wildman–Crippen MR) is 125 cm³/mol. The Bertz CT molecular complexity index is 1000. The molecule has 2 amide bonds. The molecule has 0 aliphatic carbocycles. The van der Waals surface area contributed by atoms with E-state index in [9.17, 15) is 18.0 Å². The maximum absolute atomic E-state index is 12.7. The Balaban J connectivity index is 2.07. The smallest absolute Gasteiger partial charge is 0.255 e. The van der Waals surface area contributed by atoms with Crippen molar-refractivity contribution in [2.45, 2.75) is 58.9 Å². The van der Waals surface area contributed by atoms with Gasteiger partial charge in [-0.25, -0.2) is 8.42 Å². The number of amides is 2. The molecule has 0 bridgehead atoms. The highest BCUT2D eigenvalue weighted by Crippen LogP contribution is 2.17. The molecule has 0 atom stereocenters. The molecule has 0 spiro atoms. The number of carbonyl (C=O) groups excluding carboxylic acids is 2. The van der Waals surface area contributed by atoms with E-state index in [-0.39, 0.29) is 23.9 Å². The van der Waals surface area contributed by atoms with Gasteiger partial charge in [-0.2, -0.15) is 0 Å². The van der Waals surface area contributed by atoms with E-state index in [1.165, 1.54) is 0 Å². The van der Waals surface area contributed by atoms with Crippen LogP contribution in [-0.4, -0.2) is 42.5 Å². The van der Waals surface area contributed by atoms with Crippen molar-refractivity contribution in [2.24, 2.45) is 0 Å². The molecule has 7 nitrogen and oxygen atoms in total. The highest BCUT2D eigenvalue weighted by atomic mass is 32.2. The highest BCUT2D eigenvalue weighted by Gasteiger charge is 2.21. The van der Waals surface area contributed by atoms with Gasteiger partial charge >= 0.3 is 0 Å². The molecule has 2 aromatic rings. The molecule has 0 aromatic heterocycles. The van der Waals surface area contributed by atoms with Crippen molar-refractivity contribution < 1.29 is 18.0 Å². The topological polar surface area (TPSA) is 95.6 Å². The van der Waals surface area contributed by atoms with Crippen molar-refractivity contribution in [3.8, 4) is 0 Å². The van der Waals surface area contributed by atoms with Crippen LogP contribution in [0.15, 0.2) is 48.5 Å². The Morgan fingerprint density at radius 1 is 0.742 bits per heavy atom. The van der Waals surface area contributed by atoms with Gasteiger partial charge in [-0.05, 0) is 90.1 Å². The largest absolute Gasteiger partial charge is 0.334 e. The quantitative estimate of drug-likeness (QED) is 0.631. The van der Waals surface area contributed by atoms with E-state index in [4.69, 9.17) is 0 Å². The molecule has 2 rings (SSSR count). The van der Waals surface area contributed by atoms with Crippen LogP contribution in [0.25, 0.3) is 0 Å². The summed E-state index contributed by atoms with van der Waals surface area (Å²) in [5.74, 6) is -0.384. The third-order valence-electron chi connectivity index (χ3n) is 4.76. The molecule has 8 heteroatoms. The Morgan fingerprint density at radius 2 is 1.19 bits per heavy atom. The lowest BCUT2D eigenvalue weighted by Gasteiger charge is -2.30. The summed E-state index contributed by atoms with van der Waals surface area (Å²) in [7, 11) is -3.44. The first kappa shape index (κ1) is 24.4. The van der Waals surface area contributed by atoms with E-state index in [1.54, 1.807) is 62.4 Å². The number of anilines is 2. The average Bonchev–Trinajstić information content (AvgIpc) is 2.68. The summed E-state index contributed by atoms with van der Waals surface area (Å²) in [4.78, 5) is 27.1. The van der Waals surface area contributed by atoms with Crippen LogP contribution in [0.3, 0.4) is 0 Å². The Labute approximate surface area is 184 Å². The number of sulfonamides is 1. The minimum Gasteiger partial charge on any atom is -0.334 e. The van der Waals surface area contributed by atoms with Gasteiger partial charge in [0.15, 0.2) is 0 Å². The zero-order valence-electron chi connectivity index (χ0n) is 18.8. The van der Waals surface area contributed by atoms with Gasteiger partial charge in [0, 0.05) is 34.6 Å². The van der Waals surface area contributed by atoms with Crippen LogP contribution in [0.1, 0.15) is 62.3 Å². The molecular weight excluding hydrogens is 414 g/mol. The molecule has 0 aliphatic heterocycles. The standard InChI is InChI=1S/C23H31N3O4S/c1-15(2)26(16(3)4)23(28)19-9-11-20(12-10-19)24-22(27)18-7-13-21(14-8-18)25-31(29,30)17(5)6/h7-17,25H,1-6H3,(H,24,27). The van der Waals surface area contributed by atoms with Crippen LogP contribution in [0.2, 0.25) is 0 Å². The first-order chi connectivity index (χ1) is 14.4. The number of nitrogens with zero attached hydrogens (tertiary/aromatic N) is 1. The average molecular weight is 446 g/mol. The third kappa shape index (κ3) is 6.30. The number of hydrogen-bond donors (Lipinski definition) is 2. The second kappa shape index (κ2) is 9.96. The Kier molecular flexibility index (Phi) is 7.84. The van der Waals surface area contributed by atoms with Gasteiger partial charge in [0.25, 0.3) is 11.8 Å². The lowest BCUT2D eigenvalue weighted by molar-refractivity contribution is 0.0643. The minimum atomic E-state index is -3.44. The van der Waals surface area contributed by atoms with Crippen molar-refractivity contribution in [3.63, 3.8) is 0 Å². The zero-order valence-corrected chi connectivity index (χ0v) is 19.7. The van der Waals surface area contributed by atoms with E-state index in [2.05, 4.69) is 10.0 Å². The van der Waals surface area contributed by atoms with Crippen LogP contribution in [0, 0.1) is 0 Å². The van der Waals surface area contributed by atoms with Crippen LogP contribution >= 0.6 is 0 Å². The summed E-state index contributed by atoms with van der Waals surface area (Å²) in [5.41, 5.74) is 1.90. The minimum absolute atomic E-state index is 0.0534. The summed E-state index contributed by atoms with van der Waals surface area (Å²) in [6, 6.07) is 13.1. The van der Waals surface area contributed by atoms with Crippen molar-refractivity contribution in [3.05, 3.63) is 59.7 Å². The van der Waals surface area contributed by atoms with Crippen molar-refractivity contribution in [2.75, 3.05) is 10.0 Å². The number of nitrogens with one attached hydrogen (secondary N) is 2. The van der Waals surface area contributed by atoms with Gasteiger partial charge in [0.2, 0.25) is 10.0 Å². The van der Waals surface area contributed by atoms with Crippen LogP contribution in [0.5, 0.6) is 0 Å². The molecule has 0 radical (unpaired) electrons. The second-order valence-electron chi connectivity index (χ2n) is 8.20. The van der Waals surface area contributed by atoms with Crippen molar-refractivity contribution in [1.29, 1.82) is 0 Å². The van der Waals surface area contributed by atoms with Gasteiger partial charge in [-0.3, -0.25) is 14.3 Å². The van der Waals surface area contributed by atoms with Crippen molar-refractivity contribution >= 4 is 33.2 Å². The monoisotopic (exact) mass is 445 g/mol. The number of hydrogen-bond acceptors (Lipinski definition) is 4. The summed E-state index contributed by atoms with van der Waals surface area (Å²) in [6.45, 7) is 11.1. The second-order valence-corrected chi connectivity index (χ2v) is 10.4. The predicted octanol–water partition coefficient (Wildman–Crippen LogP) is 4.35. The van der Waals surface area contributed by atoms with Gasteiger partial charge in [-0.1, -0.05) is 0 Å². The molecule has 2 aromatic carbocycles. The first-order valence-electron chi connectivity index (χ1n) is 10.3. The summed E-state index contributed by atoms with van der Waals surface area (Å²) < 4.78 is 26.3. The van der Waals surface area contributed by atoms with Gasteiger partial charge < -0.3 is 10.2 Å². The fraction of sp³-hybridized carbons (Fsp3) is 0.391. The molecule has 0 heterocycles. The lowest BCUT2D eigenvalue weighted by atomic mass is 10.1. The lowest BCUT2D eigenvalue weighted by Crippen LogP contribution is -2.42. The molecule has 0 aliphatic rings. The third-order valence-corrected chi connectivity index (χ3v) is 6.53. The molecule has 0 saturated heterocycles. The molecule has 168 valence electrons. The Hall–Kier alpha value is -2.87. The van der Waals surface area contributed by atoms with Crippen LogP contribution < -0.4 is 10.0 Å². The normalized spacial score (nSPS) is 11.6. The molecule has 0 fully saturated rings. The summed E-state index contributed by atoms with van der Waals surface area (Å²) in [5, 5.41) is 2.23. The van der Waals surface area contributed by atoms with E-state index >= 15 is 0 Å². The summed E-state index contributed by atoms with van der Waals surface area (Å²) >= 11 is 0. The highest BCUT2D eigenvalue weighted by molar-refractivity contribution is 7.93. The maximum atomic E-state index is 12.7. The van der Waals surface area contributed by atoms with Gasteiger partial charge in [0.05, 0.1) is 5.25 Å². The zero-order chi connectivity index (χ0) is 23.3. The fourth-order valence-electron chi connectivity index (χ4n) is 3.09. The molecular formula is C23H31N3O4S. The fourth-order valence-corrected chi connectivity index (χ4v) is 3.79. The molecule has 0 unspecified atom stereocenters. The van der Waals surface area contributed by atoms with E-state index in [0.717, 1.165) is 0 Å². The summed E-state index contributed by atoms with van der Waals surface area (Å²) in [6.07, 6.45) is 0. The van der Waals surface area contributed by atoms with E-state index in [1.807, 2.05) is 32.6 Å². The maximum Gasteiger partial charge on any atom is 0.255 e. The van der Waals surface area contributed by atoms with Crippen LogP contribution in [0.4, 0.5) is 11.4 Å². The van der Waals surface area contributed by atoms with E-state index < -0.39 is 15.3 Å². The molecule has 31 heavy (non-hydrogen) atoms. The Morgan fingerprint density at radius 3 is 1.65 bits per heavy atom. The number of rotatable bonds is 8. The van der Waals surface area contributed by atoms with Gasteiger partial charge in [-0.15, -0.1) is 0 Å². The number of carbonyl (C=O) groups is 2. The first-order valence-corrected chi connectivity index (χ1v) is 11.8. The molecule has 2 N–H and O–H groups in total. The number of benzene rings is 2. The van der Waals surface area contributed by atoms with Gasteiger partial charge in [0.1, 0.15) is 0 Å². The van der Waals surface area contributed by atoms with Crippen molar-refractivity contribution in [1.82, 2.24) is 4.90 Å². The SMILES string of the molecule is CC(C)N(C(=O)c1ccc(NC(=O)c2ccc(NS(=O)(=O)C(C)C)cc2)cc1)C(C)C. The van der Waals surface area contributed by atoms with Crippen LogP contribution in [-0.2, 0) is 10.0 Å². The molecule has 0 saturated carbocycles.